The van der Waals surface area contributed by atoms with E-state index in [1.165, 1.54) is 128 Å². The van der Waals surface area contributed by atoms with E-state index in [9.17, 15) is 0 Å². The molecule has 0 aromatic rings. The summed E-state index contributed by atoms with van der Waals surface area (Å²) in [6, 6.07) is 0. The lowest BCUT2D eigenvalue weighted by Gasteiger charge is -2.28. The van der Waals surface area contributed by atoms with Gasteiger partial charge in [0.15, 0.2) is 0 Å². The van der Waals surface area contributed by atoms with Crippen LogP contribution in [0.15, 0.2) is 0 Å². The van der Waals surface area contributed by atoms with Gasteiger partial charge in [-0.25, -0.2) is 0 Å². The highest BCUT2D eigenvalue weighted by molar-refractivity contribution is 14.0. The predicted molar refractivity (Wildman–Crippen MR) is 156 cm³/mol. The van der Waals surface area contributed by atoms with Crippen LogP contribution < -0.4 is 0 Å². The van der Waals surface area contributed by atoms with E-state index in [1.54, 1.807) is 18.7 Å². The first-order valence-corrected chi connectivity index (χ1v) is 15.8. The summed E-state index contributed by atoms with van der Waals surface area (Å²) in [6.45, 7) is 9.46. The monoisotopic (exact) mass is 554 g/mol. The molecule has 184 valence electrons. The molecule has 0 saturated heterocycles. The molecule has 0 aliphatic heterocycles. The van der Waals surface area contributed by atoms with Crippen LogP contribution in [0.5, 0.6) is 0 Å². The lowest BCUT2D eigenvalue weighted by Crippen LogP contribution is -2.10. The van der Waals surface area contributed by atoms with Gasteiger partial charge in [-0.1, -0.05) is 137 Å². The molecule has 30 heavy (non-hydrogen) atoms. The first-order chi connectivity index (χ1) is 14.3. The molecule has 0 fully saturated rings. The van der Waals surface area contributed by atoms with Gasteiger partial charge in [0, 0.05) is 0 Å². The Hall–Kier alpha value is 1.16. The third kappa shape index (κ3) is 22.4. The molecule has 2 heteroatoms. The molecular formula is C28H60IP. The second kappa shape index (κ2) is 28.2. The van der Waals surface area contributed by atoms with Crippen molar-refractivity contribution in [3.8, 4) is 0 Å². The van der Waals surface area contributed by atoms with Gasteiger partial charge in [-0.15, -0.1) is 31.9 Å². The fourth-order valence-electron chi connectivity index (χ4n) is 4.62. The highest BCUT2D eigenvalue weighted by Crippen LogP contribution is 2.47. The van der Waals surface area contributed by atoms with Crippen LogP contribution in [0.3, 0.4) is 0 Å². The summed E-state index contributed by atoms with van der Waals surface area (Å²) >= 11 is 0. The Morgan fingerprint density at radius 1 is 0.400 bits per heavy atom. The van der Waals surface area contributed by atoms with Crippen molar-refractivity contribution in [3.63, 3.8) is 0 Å². The third-order valence-electron chi connectivity index (χ3n) is 6.63. The topological polar surface area (TPSA) is 0 Å². The Balaban J connectivity index is 0. The number of rotatable bonds is 24. The van der Waals surface area contributed by atoms with E-state index in [0.29, 0.717) is 7.92 Å². The van der Waals surface area contributed by atoms with Crippen molar-refractivity contribution >= 4 is 31.9 Å². The Labute approximate surface area is 211 Å². The molecule has 0 rings (SSSR count). The van der Waals surface area contributed by atoms with Gasteiger partial charge in [-0.05, 0) is 43.7 Å². The fraction of sp³-hybridized carbons (Fsp3) is 1.00. The van der Waals surface area contributed by atoms with Gasteiger partial charge < -0.3 is 0 Å². The molecule has 0 aliphatic carbocycles. The second-order valence-electron chi connectivity index (χ2n) is 9.57. The van der Waals surface area contributed by atoms with Gasteiger partial charge in [-0.2, -0.15) is 0 Å². The van der Waals surface area contributed by atoms with Gasteiger partial charge in [0.1, 0.15) is 0 Å². The molecule has 0 radical (unpaired) electrons. The number of hydrogen-bond acceptors (Lipinski definition) is 0. The predicted octanol–water partition coefficient (Wildman–Crippen LogP) is 11.7. The number of unbranched alkanes of at least 4 members (excludes halogenated alkanes) is 15. The van der Waals surface area contributed by atoms with Crippen LogP contribution in [0.1, 0.15) is 163 Å². The van der Waals surface area contributed by atoms with Gasteiger partial charge in [0.25, 0.3) is 0 Å². The van der Waals surface area contributed by atoms with E-state index < -0.39 is 0 Å². The van der Waals surface area contributed by atoms with Crippen LogP contribution in [0.25, 0.3) is 0 Å². The molecule has 0 heterocycles. The Morgan fingerprint density at radius 3 is 1.13 bits per heavy atom. The van der Waals surface area contributed by atoms with Crippen molar-refractivity contribution in [2.45, 2.75) is 168 Å². The summed E-state index contributed by atoms with van der Waals surface area (Å²) in [5, 5.41) is 0. The molecular weight excluding hydrogens is 494 g/mol. The first-order valence-electron chi connectivity index (χ1n) is 14.0. The van der Waals surface area contributed by atoms with Crippen molar-refractivity contribution in [2.24, 2.45) is 0 Å². The molecule has 0 aromatic heterocycles. The standard InChI is InChI=1S/C28H59P.HI/c1-5-9-12-13-14-15-16-17-18-19-20-21-22-23-25-28(24-8-4)29(26-10-6-2)27-11-7-3;/h28H,5-27H2,1-4H3;1H. The summed E-state index contributed by atoms with van der Waals surface area (Å²) in [5.74, 6) is 0. The van der Waals surface area contributed by atoms with E-state index in [2.05, 4.69) is 27.7 Å². The molecule has 0 amide bonds. The maximum absolute atomic E-state index is 2.41. The van der Waals surface area contributed by atoms with Crippen LogP contribution in [-0.2, 0) is 0 Å². The molecule has 0 saturated carbocycles. The zero-order valence-electron chi connectivity index (χ0n) is 21.7. The number of halogens is 1. The summed E-state index contributed by atoms with van der Waals surface area (Å²) in [6.07, 6.45) is 34.0. The third-order valence-corrected chi connectivity index (χ3v) is 9.96. The minimum atomic E-state index is 0. The summed E-state index contributed by atoms with van der Waals surface area (Å²) in [5.41, 5.74) is 1.09. The van der Waals surface area contributed by atoms with Gasteiger partial charge in [-0.3, -0.25) is 0 Å². The average molecular weight is 555 g/mol. The lowest BCUT2D eigenvalue weighted by molar-refractivity contribution is 0.527. The highest BCUT2D eigenvalue weighted by atomic mass is 127. The van der Waals surface area contributed by atoms with Crippen LogP contribution >= 0.6 is 31.9 Å². The van der Waals surface area contributed by atoms with E-state index in [0.717, 1.165) is 5.66 Å². The molecule has 0 N–H and O–H groups in total. The van der Waals surface area contributed by atoms with E-state index >= 15 is 0 Å². The van der Waals surface area contributed by atoms with Crippen molar-refractivity contribution in [3.05, 3.63) is 0 Å². The maximum Gasteiger partial charge on any atom is -0.0209 e. The second-order valence-corrected chi connectivity index (χ2v) is 12.4. The zero-order chi connectivity index (χ0) is 21.4. The van der Waals surface area contributed by atoms with Gasteiger partial charge in [0.05, 0.1) is 0 Å². The van der Waals surface area contributed by atoms with Crippen molar-refractivity contribution in [1.82, 2.24) is 0 Å². The lowest BCUT2D eigenvalue weighted by atomic mass is 10.0. The summed E-state index contributed by atoms with van der Waals surface area (Å²) < 4.78 is 0. The van der Waals surface area contributed by atoms with Crippen LogP contribution in [-0.4, -0.2) is 18.0 Å². The van der Waals surface area contributed by atoms with Crippen molar-refractivity contribution < 1.29 is 0 Å². The minimum Gasteiger partial charge on any atom is -0.107 e. The fourth-order valence-corrected chi connectivity index (χ4v) is 8.19. The van der Waals surface area contributed by atoms with Gasteiger partial charge >= 0.3 is 0 Å². The first kappa shape index (κ1) is 33.3. The molecule has 0 aromatic carbocycles. The summed E-state index contributed by atoms with van der Waals surface area (Å²) in [7, 11) is 0.317. The molecule has 0 aliphatic rings. The van der Waals surface area contributed by atoms with Crippen LogP contribution in [0.4, 0.5) is 0 Å². The Morgan fingerprint density at radius 2 is 0.767 bits per heavy atom. The molecule has 1 unspecified atom stereocenters. The van der Waals surface area contributed by atoms with Crippen LogP contribution in [0.2, 0.25) is 0 Å². The summed E-state index contributed by atoms with van der Waals surface area (Å²) in [4.78, 5) is 0. The van der Waals surface area contributed by atoms with Gasteiger partial charge in [0.2, 0.25) is 0 Å². The van der Waals surface area contributed by atoms with Crippen LogP contribution in [0, 0.1) is 0 Å². The minimum absolute atomic E-state index is 0. The van der Waals surface area contributed by atoms with E-state index in [1.807, 2.05) is 0 Å². The largest absolute Gasteiger partial charge is 0.107 e. The Kier molecular flexibility index (Phi) is 31.3. The molecule has 0 nitrogen and oxygen atoms in total. The van der Waals surface area contributed by atoms with Crippen molar-refractivity contribution in [2.75, 3.05) is 12.3 Å². The SMILES string of the molecule is CCCCCCCCCCCCCCCCC(CCC)P(CCCC)CCCC.I. The maximum atomic E-state index is 2.41. The van der Waals surface area contributed by atoms with Crippen molar-refractivity contribution in [1.29, 1.82) is 0 Å². The highest BCUT2D eigenvalue weighted by Gasteiger charge is 2.18. The van der Waals surface area contributed by atoms with E-state index in [4.69, 9.17) is 0 Å². The number of hydrogen-bond donors (Lipinski definition) is 0. The smallest absolute Gasteiger partial charge is 0.0209 e. The Bertz CT molecular complexity index is 286. The molecule has 0 spiro atoms. The average Bonchev–Trinajstić information content (AvgIpc) is 2.73. The molecule has 1 atom stereocenters. The normalized spacial score (nSPS) is 12.3. The quantitative estimate of drug-likeness (QED) is 0.0632. The zero-order valence-corrected chi connectivity index (χ0v) is 24.9. The van der Waals surface area contributed by atoms with E-state index in [-0.39, 0.29) is 24.0 Å². The molecule has 0 bridgehead atoms.